The Morgan fingerprint density at radius 2 is 1.57 bits per heavy atom. The molecular formula is C23H16N2O3. The number of fused-ring (bicyclic) bond motifs is 3. The Kier molecular flexibility index (Phi) is 3.55. The summed E-state index contributed by atoms with van der Waals surface area (Å²) in [5.74, 6) is 0.532. The van der Waals surface area contributed by atoms with Crippen LogP contribution in [-0.2, 0) is 0 Å². The number of aromatic hydroxyl groups is 1. The van der Waals surface area contributed by atoms with Gasteiger partial charge in [-0.3, -0.25) is 9.89 Å². The standard InChI is InChI=1S/C23H16N2O3/c1-28-19-12-15(10-11-18(19)26)13-6-8-14(9-7-13)21-20-22(25-24-21)16-4-2-3-5-17(16)23(20)27/h2-12,26H,1H3,(H,24,25). The van der Waals surface area contributed by atoms with Crippen molar-refractivity contribution in [2.75, 3.05) is 7.11 Å². The van der Waals surface area contributed by atoms with Gasteiger partial charge in [-0.15, -0.1) is 0 Å². The van der Waals surface area contributed by atoms with Crippen molar-refractivity contribution in [2.45, 2.75) is 0 Å². The number of carbonyl (C=O) groups excluding carboxylic acids is 1. The van der Waals surface area contributed by atoms with Crippen molar-refractivity contribution < 1.29 is 14.6 Å². The summed E-state index contributed by atoms with van der Waals surface area (Å²) in [7, 11) is 1.52. The molecule has 5 nitrogen and oxygen atoms in total. The maximum atomic E-state index is 12.8. The molecule has 0 saturated carbocycles. The fourth-order valence-electron chi connectivity index (χ4n) is 3.68. The van der Waals surface area contributed by atoms with Gasteiger partial charge in [-0.25, -0.2) is 0 Å². The Labute approximate surface area is 161 Å². The first-order valence-corrected chi connectivity index (χ1v) is 8.87. The highest BCUT2D eigenvalue weighted by molar-refractivity contribution is 6.23. The molecule has 1 heterocycles. The molecule has 4 aromatic rings. The summed E-state index contributed by atoms with van der Waals surface area (Å²) >= 11 is 0. The Bertz CT molecular complexity index is 1220. The largest absolute Gasteiger partial charge is 0.504 e. The molecule has 0 spiro atoms. The van der Waals surface area contributed by atoms with E-state index in [0.29, 0.717) is 22.6 Å². The fourth-order valence-corrected chi connectivity index (χ4v) is 3.68. The molecule has 0 saturated heterocycles. The van der Waals surface area contributed by atoms with Crippen LogP contribution < -0.4 is 4.74 Å². The molecule has 5 rings (SSSR count). The predicted molar refractivity (Wildman–Crippen MR) is 107 cm³/mol. The molecule has 28 heavy (non-hydrogen) atoms. The Morgan fingerprint density at radius 3 is 2.32 bits per heavy atom. The topological polar surface area (TPSA) is 75.2 Å². The van der Waals surface area contributed by atoms with Crippen LogP contribution in [0, 0.1) is 0 Å². The van der Waals surface area contributed by atoms with Crippen molar-refractivity contribution in [3.63, 3.8) is 0 Å². The molecule has 1 aliphatic carbocycles. The third-order valence-corrected chi connectivity index (χ3v) is 5.11. The lowest BCUT2D eigenvalue weighted by Crippen LogP contribution is -1.97. The van der Waals surface area contributed by atoms with Crippen LogP contribution >= 0.6 is 0 Å². The van der Waals surface area contributed by atoms with Crippen molar-refractivity contribution in [1.82, 2.24) is 10.2 Å². The highest BCUT2D eigenvalue weighted by Crippen LogP contribution is 2.40. The summed E-state index contributed by atoms with van der Waals surface area (Å²) in [5.41, 5.74) is 6.44. The van der Waals surface area contributed by atoms with E-state index < -0.39 is 0 Å². The van der Waals surface area contributed by atoms with Crippen LogP contribution in [0.3, 0.4) is 0 Å². The molecular weight excluding hydrogens is 352 g/mol. The number of phenolic OH excluding ortho intramolecular Hbond substituents is 1. The fraction of sp³-hybridized carbons (Fsp3) is 0.0435. The Hall–Kier alpha value is -3.86. The number of H-pyrrole nitrogens is 1. The molecule has 0 fully saturated rings. The Balaban J connectivity index is 1.54. The normalized spacial score (nSPS) is 12.0. The summed E-state index contributed by atoms with van der Waals surface area (Å²) < 4.78 is 5.18. The van der Waals surface area contributed by atoms with Crippen LogP contribution in [0.15, 0.2) is 66.7 Å². The van der Waals surface area contributed by atoms with Gasteiger partial charge >= 0.3 is 0 Å². The number of hydrogen-bond donors (Lipinski definition) is 2. The van der Waals surface area contributed by atoms with Crippen molar-refractivity contribution in [3.8, 4) is 45.1 Å². The number of aromatic nitrogens is 2. The van der Waals surface area contributed by atoms with Crippen LogP contribution in [0.1, 0.15) is 15.9 Å². The quantitative estimate of drug-likeness (QED) is 0.485. The average Bonchev–Trinajstić information content (AvgIpc) is 3.29. The predicted octanol–water partition coefficient (Wildman–Crippen LogP) is 4.67. The summed E-state index contributed by atoms with van der Waals surface area (Å²) in [5, 5.41) is 17.2. The number of benzene rings is 3. The van der Waals surface area contributed by atoms with E-state index in [9.17, 15) is 9.90 Å². The number of carbonyl (C=O) groups is 1. The van der Waals surface area contributed by atoms with Gasteiger partial charge in [0, 0.05) is 16.7 Å². The van der Waals surface area contributed by atoms with Crippen LogP contribution in [0.4, 0.5) is 0 Å². The van der Waals surface area contributed by atoms with Crippen molar-refractivity contribution in [2.24, 2.45) is 0 Å². The van der Waals surface area contributed by atoms with Crippen LogP contribution in [0.5, 0.6) is 11.5 Å². The van der Waals surface area contributed by atoms with E-state index in [-0.39, 0.29) is 11.5 Å². The molecule has 1 aliphatic rings. The minimum atomic E-state index is 0.00157. The third-order valence-electron chi connectivity index (χ3n) is 5.11. The number of nitrogens with one attached hydrogen (secondary N) is 1. The first-order chi connectivity index (χ1) is 13.7. The lowest BCUT2D eigenvalue weighted by atomic mass is 10.00. The lowest BCUT2D eigenvalue weighted by molar-refractivity contribution is 0.104. The van der Waals surface area contributed by atoms with E-state index in [1.165, 1.54) is 7.11 Å². The van der Waals surface area contributed by atoms with Gasteiger partial charge in [0.25, 0.3) is 0 Å². The number of nitrogens with zero attached hydrogens (tertiary/aromatic N) is 1. The number of hydrogen-bond acceptors (Lipinski definition) is 4. The van der Waals surface area contributed by atoms with E-state index in [1.54, 1.807) is 12.1 Å². The van der Waals surface area contributed by atoms with Crippen LogP contribution in [0.2, 0.25) is 0 Å². The summed E-state index contributed by atoms with van der Waals surface area (Å²) in [6.45, 7) is 0. The van der Waals surface area contributed by atoms with E-state index >= 15 is 0 Å². The molecule has 0 atom stereocenters. The average molecular weight is 368 g/mol. The second-order valence-electron chi connectivity index (χ2n) is 6.66. The van der Waals surface area contributed by atoms with Gasteiger partial charge in [0.2, 0.25) is 0 Å². The molecule has 3 aromatic carbocycles. The van der Waals surface area contributed by atoms with Crippen LogP contribution in [0.25, 0.3) is 33.6 Å². The maximum Gasteiger partial charge on any atom is 0.198 e. The number of rotatable bonds is 3. The van der Waals surface area contributed by atoms with E-state index in [0.717, 1.165) is 27.9 Å². The third kappa shape index (κ3) is 2.33. The first-order valence-electron chi connectivity index (χ1n) is 8.87. The zero-order valence-corrected chi connectivity index (χ0v) is 15.1. The van der Waals surface area contributed by atoms with Gasteiger partial charge in [-0.2, -0.15) is 5.10 Å². The van der Waals surface area contributed by atoms with Gasteiger partial charge < -0.3 is 9.84 Å². The minimum absolute atomic E-state index is 0.00157. The van der Waals surface area contributed by atoms with E-state index in [1.807, 2.05) is 54.6 Å². The van der Waals surface area contributed by atoms with Gasteiger partial charge in [-0.1, -0.05) is 54.6 Å². The van der Waals surface area contributed by atoms with Crippen molar-refractivity contribution in [3.05, 3.63) is 77.9 Å². The molecule has 0 aliphatic heterocycles. The zero-order chi connectivity index (χ0) is 19.3. The SMILES string of the molecule is COc1cc(-c2ccc(-c3n[nH]c4c3C(=O)c3ccccc3-4)cc2)ccc1O. The molecule has 0 unspecified atom stereocenters. The van der Waals surface area contributed by atoms with Gasteiger partial charge in [0.05, 0.1) is 18.4 Å². The molecule has 0 bridgehead atoms. The van der Waals surface area contributed by atoms with E-state index in [2.05, 4.69) is 10.2 Å². The summed E-state index contributed by atoms with van der Waals surface area (Å²) in [6.07, 6.45) is 0. The van der Waals surface area contributed by atoms with Gasteiger partial charge in [0.1, 0.15) is 5.69 Å². The van der Waals surface area contributed by atoms with Crippen molar-refractivity contribution >= 4 is 5.78 Å². The number of methoxy groups -OCH3 is 1. The second-order valence-corrected chi connectivity index (χ2v) is 6.66. The lowest BCUT2D eigenvalue weighted by Gasteiger charge is -2.08. The minimum Gasteiger partial charge on any atom is -0.504 e. The maximum absolute atomic E-state index is 12.8. The second kappa shape index (κ2) is 6.09. The smallest absolute Gasteiger partial charge is 0.198 e. The molecule has 136 valence electrons. The molecule has 5 heteroatoms. The Morgan fingerprint density at radius 1 is 0.893 bits per heavy atom. The number of aromatic amines is 1. The molecule has 2 N–H and O–H groups in total. The summed E-state index contributed by atoms with van der Waals surface area (Å²) in [6, 6.07) is 20.6. The number of phenols is 1. The molecule has 0 radical (unpaired) electrons. The highest BCUT2D eigenvalue weighted by Gasteiger charge is 2.32. The molecule has 0 amide bonds. The van der Waals surface area contributed by atoms with Gasteiger partial charge in [0.15, 0.2) is 17.3 Å². The summed E-state index contributed by atoms with van der Waals surface area (Å²) in [4.78, 5) is 12.8. The first kappa shape index (κ1) is 16.3. The number of ketones is 1. The van der Waals surface area contributed by atoms with Gasteiger partial charge in [-0.05, 0) is 23.3 Å². The number of ether oxygens (including phenoxy) is 1. The zero-order valence-electron chi connectivity index (χ0n) is 15.1. The molecule has 1 aromatic heterocycles. The van der Waals surface area contributed by atoms with E-state index in [4.69, 9.17) is 4.74 Å². The monoisotopic (exact) mass is 368 g/mol. The van der Waals surface area contributed by atoms with Crippen molar-refractivity contribution in [1.29, 1.82) is 0 Å². The van der Waals surface area contributed by atoms with Crippen LogP contribution in [-0.4, -0.2) is 28.2 Å². The highest BCUT2D eigenvalue weighted by atomic mass is 16.5.